The molecule has 0 aliphatic carbocycles. The lowest BCUT2D eigenvalue weighted by Gasteiger charge is -2.37. The maximum Gasteiger partial charge on any atom is 0.292 e. The van der Waals surface area contributed by atoms with Gasteiger partial charge in [0.25, 0.3) is 5.69 Å². The summed E-state index contributed by atoms with van der Waals surface area (Å²) in [6, 6.07) is 13.1. The second-order valence-corrected chi connectivity index (χ2v) is 5.47. The fourth-order valence-corrected chi connectivity index (χ4v) is 2.96. The summed E-state index contributed by atoms with van der Waals surface area (Å²) in [5.41, 5.74) is 1.27. The predicted octanol–water partition coefficient (Wildman–Crippen LogP) is 2.93. The lowest BCUT2D eigenvalue weighted by molar-refractivity contribution is -0.384. The molecule has 3 rings (SSSR count). The number of para-hydroxylation sites is 2. The lowest BCUT2D eigenvalue weighted by atomic mass is 10.1. The number of benzene rings is 2. The molecule has 0 saturated carbocycles. The van der Waals surface area contributed by atoms with E-state index in [-0.39, 0.29) is 16.2 Å². The summed E-state index contributed by atoms with van der Waals surface area (Å²) >= 11 is 0. The minimum Gasteiger partial charge on any atom is -0.367 e. The maximum atomic E-state index is 13.8. The van der Waals surface area contributed by atoms with Crippen molar-refractivity contribution in [1.82, 2.24) is 0 Å². The number of piperazine rings is 1. The third-order valence-electron chi connectivity index (χ3n) is 4.14. The summed E-state index contributed by atoms with van der Waals surface area (Å²) in [7, 11) is 0. The third kappa shape index (κ3) is 2.86. The average Bonchev–Trinajstić information content (AvgIpc) is 2.61. The van der Waals surface area contributed by atoms with E-state index in [1.54, 1.807) is 30.3 Å². The van der Waals surface area contributed by atoms with E-state index in [4.69, 9.17) is 5.26 Å². The maximum absolute atomic E-state index is 13.8. The van der Waals surface area contributed by atoms with Gasteiger partial charge in [-0.05, 0) is 18.2 Å². The standard InChI is InChI=1S/C17H15FN4O2/c18-14-4-3-7-15(13(14)12-19)20-8-10-21(11-9-20)16-5-1-2-6-17(16)22(23)24/h1-7H,8-11H2. The quantitative estimate of drug-likeness (QED) is 0.640. The van der Waals surface area contributed by atoms with Crippen molar-refractivity contribution in [2.45, 2.75) is 0 Å². The number of halogens is 1. The van der Waals surface area contributed by atoms with Crippen molar-refractivity contribution >= 4 is 17.1 Å². The van der Waals surface area contributed by atoms with E-state index in [0.717, 1.165) is 0 Å². The molecule has 6 nitrogen and oxygen atoms in total. The van der Waals surface area contributed by atoms with Crippen molar-refractivity contribution < 1.29 is 9.31 Å². The van der Waals surface area contributed by atoms with Gasteiger partial charge in [-0.3, -0.25) is 10.1 Å². The molecule has 1 fully saturated rings. The van der Waals surface area contributed by atoms with Gasteiger partial charge in [-0.2, -0.15) is 5.26 Å². The molecule has 0 aromatic heterocycles. The second-order valence-electron chi connectivity index (χ2n) is 5.47. The van der Waals surface area contributed by atoms with Crippen molar-refractivity contribution in [2.75, 3.05) is 36.0 Å². The van der Waals surface area contributed by atoms with Gasteiger partial charge in [0.2, 0.25) is 0 Å². The molecule has 1 aliphatic heterocycles. The Hall–Kier alpha value is -3.14. The molecule has 0 spiro atoms. The number of hydrogen-bond acceptors (Lipinski definition) is 5. The van der Waals surface area contributed by atoms with E-state index < -0.39 is 5.82 Å². The molecule has 0 bridgehead atoms. The van der Waals surface area contributed by atoms with Crippen molar-refractivity contribution in [1.29, 1.82) is 5.26 Å². The van der Waals surface area contributed by atoms with Crippen LogP contribution >= 0.6 is 0 Å². The molecule has 1 saturated heterocycles. The van der Waals surface area contributed by atoms with Gasteiger partial charge >= 0.3 is 0 Å². The Morgan fingerprint density at radius 2 is 1.58 bits per heavy atom. The Bertz CT molecular complexity index is 810. The van der Waals surface area contributed by atoms with Gasteiger partial charge in [-0.25, -0.2) is 4.39 Å². The first kappa shape index (κ1) is 15.7. The summed E-state index contributed by atoms with van der Waals surface area (Å²) in [5, 5.41) is 20.3. The van der Waals surface area contributed by atoms with Crippen molar-refractivity contribution in [3.63, 3.8) is 0 Å². The number of rotatable bonds is 3. The van der Waals surface area contributed by atoms with E-state index in [1.165, 1.54) is 12.1 Å². The SMILES string of the molecule is N#Cc1c(F)cccc1N1CCN(c2ccccc2[N+](=O)[O-])CC1. The van der Waals surface area contributed by atoms with E-state index in [2.05, 4.69) is 0 Å². The van der Waals surface area contributed by atoms with Crippen LogP contribution < -0.4 is 9.80 Å². The summed E-state index contributed by atoms with van der Waals surface area (Å²) in [5.74, 6) is -0.531. The minimum atomic E-state index is -0.531. The molecule has 0 radical (unpaired) electrons. The summed E-state index contributed by atoms with van der Waals surface area (Å²) in [6.07, 6.45) is 0. The minimum absolute atomic E-state index is 0.0386. The molecular weight excluding hydrogens is 311 g/mol. The summed E-state index contributed by atoms with van der Waals surface area (Å²) in [4.78, 5) is 14.7. The van der Waals surface area contributed by atoms with Gasteiger partial charge < -0.3 is 9.80 Å². The number of nitrogens with zero attached hydrogens (tertiary/aromatic N) is 4. The first-order chi connectivity index (χ1) is 11.6. The Balaban J connectivity index is 1.79. The topological polar surface area (TPSA) is 73.4 Å². The third-order valence-corrected chi connectivity index (χ3v) is 4.14. The van der Waals surface area contributed by atoms with Crippen LogP contribution in [0.2, 0.25) is 0 Å². The highest BCUT2D eigenvalue weighted by Gasteiger charge is 2.24. The first-order valence-electron chi connectivity index (χ1n) is 7.53. The Morgan fingerprint density at radius 3 is 2.21 bits per heavy atom. The number of hydrogen-bond donors (Lipinski definition) is 0. The molecule has 0 atom stereocenters. The van der Waals surface area contributed by atoms with E-state index in [0.29, 0.717) is 37.6 Å². The van der Waals surface area contributed by atoms with Crippen LogP contribution in [0.15, 0.2) is 42.5 Å². The van der Waals surface area contributed by atoms with Crippen molar-refractivity contribution in [3.8, 4) is 6.07 Å². The van der Waals surface area contributed by atoms with Gasteiger partial charge in [0.1, 0.15) is 23.1 Å². The van der Waals surface area contributed by atoms with Crippen LogP contribution in [0, 0.1) is 27.3 Å². The highest BCUT2D eigenvalue weighted by Crippen LogP contribution is 2.30. The zero-order chi connectivity index (χ0) is 17.1. The van der Waals surface area contributed by atoms with Crippen LogP contribution in [0.3, 0.4) is 0 Å². The van der Waals surface area contributed by atoms with Crippen LogP contribution in [-0.2, 0) is 0 Å². The fraction of sp³-hybridized carbons (Fsp3) is 0.235. The number of nitro groups is 1. The van der Waals surface area contributed by atoms with Crippen molar-refractivity contribution in [2.24, 2.45) is 0 Å². The van der Waals surface area contributed by atoms with Gasteiger partial charge in [0, 0.05) is 32.2 Å². The first-order valence-corrected chi connectivity index (χ1v) is 7.53. The molecule has 2 aromatic carbocycles. The molecular formula is C17H15FN4O2. The van der Waals surface area contributed by atoms with Crippen LogP contribution in [0.5, 0.6) is 0 Å². The van der Waals surface area contributed by atoms with Crippen LogP contribution in [-0.4, -0.2) is 31.1 Å². The highest BCUT2D eigenvalue weighted by atomic mass is 19.1. The molecule has 2 aromatic rings. The highest BCUT2D eigenvalue weighted by molar-refractivity contribution is 5.65. The number of nitro benzene ring substituents is 1. The largest absolute Gasteiger partial charge is 0.367 e. The molecule has 24 heavy (non-hydrogen) atoms. The molecule has 7 heteroatoms. The van der Waals surface area contributed by atoms with E-state index in [1.807, 2.05) is 15.9 Å². The molecule has 122 valence electrons. The predicted molar refractivity (Wildman–Crippen MR) is 88.6 cm³/mol. The lowest BCUT2D eigenvalue weighted by Crippen LogP contribution is -2.47. The number of anilines is 2. The van der Waals surface area contributed by atoms with Gasteiger partial charge in [-0.15, -0.1) is 0 Å². The molecule has 1 heterocycles. The molecule has 0 amide bonds. The summed E-state index contributed by atoms with van der Waals surface area (Å²) in [6.45, 7) is 2.24. The van der Waals surface area contributed by atoms with E-state index in [9.17, 15) is 14.5 Å². The average molecular weight is 326 g/mol. The second kappa shape index (κ2) is 6.54. The van der Waals surface area contributed by atoms with Crippen LogP contribution in [0.25, 0.3) is 0 Å². The Labute approximate surface area is 138 Å². The molecule has 1 aliphatic rings. The monoisotopic (exact) mass is 326 g/mol. The normalized spacial score (nSPS) is 14.3. The Morgan fingerprint density at radius 1 is 1.00 bits per heavy atom. The van der Waals surface area contributed by atoms with Crippen LogP contribution in [0.1, 0.15) is 5.56 Å². The van der Waals surface area contributed by atoms with Gasteiger partial charge in [0.05, 0.1) is 10.6 Å². The molecule has 0 unspecified atom stereocenters. The number of nitriles is 1. The zero-order valence-corrected chi connectivity index (χ0v) is 12.9. The molecule has 0 N–H and O–H groups in total. The van der Waals surface area contributed by atoms with Gasteiger partial charge in [0.15, 0.2) is 0 Å². The van der Waals surface area contributed by atoms with Gasteiger partial charge in [-0.1, -0.05) is 18.2 Å². The van der Waals surface area contributed by atoms with Crippen LogP contribution in [0.4, 0.5) is 21.5 Å². The Kier molecular flexibility index (Phi) is 4.29. The summed E-state index contributed by atoms with van der Waals surface area (Å²) < 4.78 is 13.8. The van der Waals surface area contributed by atoms with E-state index >= 15 is 0 Å². The zero-order valence-electron chi connectivity index (χ0n) is 12.9. The fourth-order valence-electron chi connectivity index (χ4n) is 2.96. The van der Waals surface area contributed by atoms with Crippen molar-refractivity contribution in [3.05, 3.63) is 64.0 Å². The smallest absolute Gasteiger partial charge is 0.292 e.